The predicted molar refractivity (Wildman–Crippen MR) is 69.5 cm³/mol. The maximum absolute atomic E-state index is 11.9. The average molecular weight is 332 g/mol. The summed E-state index contributed by atoms with van der Waals surface area (Å²) in [7, 11) is 0. The van der Waals surface area contributed by atoms with E-state index < -0.39 is 54.1 Å². The van der Waals surface area contributed by atoms with Gasteiger partial charge in [0, 0.05) is 6.42 Å². The molecule has 6 atom stereocenters. The van der Waals surface area contributed by atoms with Gasteiger partial charge >= 0.3 is 6.09 Å². The lowest BCUT2D eigenvalue weighted by Crippen LogP contribution is -2.48. The Labute approximate surface area is 130 Å². The van der Waals surface area contributed by atoms with Crippen LogP contribution in [-0.4, -0.2) is 75.7 Å². The molecule has 3 N–H and O–H groups in total. The van der Waals surface area contributed by atoms with Crippen molar-refractivity contribution in [1.82, 2.24) is 10.2 Å². The zero-order valence-corrected chi connectivity index (χ0v) is 12.1. The molecule has 0 aromatic carbocycles. The molecule has 0 spiro atoms. The highest BCUT2D eigenvalue weighted by molar-refractivity contribution is 6.36. The first-order chi connectivity index (χ1) is 10.4. The molecule has 0 saturated carbocycles. The molecule has 3 fully saturated rings. The SMILES string of the molecule is N#CC1CC(Cl)(CN2C(=O)OC3C(O)C(CO)OC32)C(=O)N1. The van der Waals surface area contributed by atoms with Crippen LogP contribution in [0.2, 0.25) is 0 Å². The second-order valence-corrected chi connectivity index (χ2v) is 6.26. The highest BCUT2D eigenvalue weighted by atomic mass is 35.5. The van der Waals surface area contributed by atoms with Crippen molar-refractivity contribution in [2.45, 2.75) is 41.9 Å². The topological polar surface area (TPSA) is 132 Å². The Morgan fingerprint density at radius 3 is 2.86 bits per heavy atom. The van der Waals surface area contributed by atoms with Gasteiger partial charge in [-0.1, -0.05) is 0 Å². The van der Waals surface area contributed by atoms with Gasteiger partial charge in [0.05, 0.1) is 19.2 Å². The molecule has 2 amide bonds. The fourth-order valence-electron chi connectivity index (χ4n) is 2.93. The van der Waals surface area contributed by atoms with E-state index in [1.165, 1.54) is 0 Å². The van der Waals surface area contributed by atoms with Gasteiger partial charge in [-0.15, -0.1) is 11.6 Å². The maximum atomic E-state index is 11.9. The third kappa shape index (κ3) is 2.19. The van der Waals surface area contributed by atoms with E-state index in [1.807, 2.05) is 6.07 Å². The van der Waals surface area contributed by atoms with Crippen molar-refractivity contribution in [3.05, 3.63) is 0 Å². The van der Waals surface area contributed by atoms with Crippen molar-refractivity contribution in [3.63, 3.8) is 0 Å². The van der Waals surface area contributed by atoms with E-state index in [0.717, 1.165) is 4.90 Å². The van der Waals surface area contributed by atoms with Crippen LogP contribution in [0, 0.1) is 11.3 Å². The molecule has 0 aromatic rings. The lowest BCUT2D eigenvalue weighted by Gasteiger charge is -2.27. The second kappa shape index (κ2) is 5.24. The monoisotopic (exact) mass is 331 g/mol. The number of hydrogen-bond donors (Lipinski definition) is 3. The number of carbonyl (C=O) groups is 2. The van der Waals surface area contributed by atoms with Gasteiger partial charge < -0.3 is 25.0 Å². The van der Waals surface area contributed by atoms with Crippen LogP contribution in [0.3, 0.4) is 0 Å². The molecule has 3 rings (SSSR count). The van der Waals surface area contributed by atoms with Crippen molar-refractivity contribution in [3.8, 4) is 6.07 Å². The maximum Gasteiger partial charge on any atom is 0.412 e. The number of fused-ring (bicyclic) bond motifs is 1. The summed E-state index contributed by atoms with van der Waals surface area (Å²) < 4.78 is 10.4. The van der Waals surface area contributed by atoms with Crippen molar-refractivity contribution < 1.29 is 29.3 Å². The van der Waals surface area contributed by atoms with Crippen molar-refractivity contribution >= 4 is 23.6 Å². The zero-order chi connectivity index (χ0) is 16.1. The second-order valence-electron chi connectivity index (χ2n) is 5.54. The molecule has 9 nitrogen and oxygen atoms in total. The fraction of sp³-hybridized carbons (Fsp3) is 0.750. The molecule has 3 aliphatic heterocycles. The Bertz CT molecular complexity index is 553. The minimum atomic E-state index is -1.46. The number of rotatable bonds is 3. The Balaban J connectivity index is 1.77. The summed E-state index contributed by atoms with van der Waals surface area (Å²) in [6.07, 6.45) is -4.62. The lowest BCUT2D eigenvalue weighted by molar-refractivity contribution is -0.122. The largest absolute Gasteiger partial charge is 0.438 e. The van der Waals surface area contributed by atoms with Crippen LogP contribution in [0.5, 0.6) is 0 Å². The molecule has 120 valence electrons. The number of amides is 2. The highest BCUT2D eigenvalue weighted by Crippen LogP contribution is 2.37. The zero-order valence-electron chi connectivity index (χ0n) is 11.3. The number of hydrogen-bond acceptors (Lipinski definition) is 7. The van der Waals surface area contributed by atoms with Crippen LogP contribution in [0.1, 0.15) is 6.42 Å². The van der Waals surface area contributed by atoms with Gasteiger partial charge in [-0.25, -0.2) is 4.79 Å². The number of carbonyl (C=O) groups excluding carboxylic acids is 2. The van der Waals surface area contributed by atoms with Crippen molar-refractivity contribution in [1.29, 1.82) is 5.26 Å². The summed E-state index contributed by atoms with van der Waals surface area (Å²) in [4.78, 5) is 23.5. The standard InChI is InChI=1S/C12H14ClN3O6/c13-12(1-5(2-14)15-10(12)19)4-16-9-8(22-11(16)20)7(18)6(3-17)21-9/h5-9,17-18H,1,3-4H2,(H,15,19). The molecule has 10 heteroatoms. The van der Waals surface area contributed by atoms with Crippen LogP contribution >= 0.6 is 11.6 Å². The van der Waals surface area contributed by atoms with Crippen LogP contribution in [0.4, 0.5) is 4.79 Å². The Morgan fingerprint density at radius 1 is 1.55 bits per heavy atom. The molecule has 6 unspecified atom stereocenters. The summed E-state index contributed by atoms with van der Waals surface area (Å²) in [5.74, 6) is -0.547. The van der Waals surface area contributed by atoms with Crippen LogP contribution in [-0.2, 0) is 14.3 Å². The number of aliphatic hydroxyl groups is 2. The third-order valence-corrected chi connectivity index (χ3v) is 4.53. The molecular formula is C12H14ClN3O6. The number of ether oxygens (including phenoxy) is 2. The number of nitrogens with one attached hydrogen (secondary N) is 1. The molecule has 22 heavy (non-hydrogen) atoms. The summed E-state index contributed by atoms with van der Waals surface area (Å²) >= 11 is 6.26. The normalized spacial score (nSPS) is 43.7. The van der Waals surface area contributed by atoms with Gasteiger partial charge in [0.25, 0.3) is 0 Å². The van der Waals surface area contributed by atoms with Gasteiger partial charge in [0.1, 0.15) is 23.1 Å². The number of aliphatic hydroxyl groups excluding tert-OH is 2. The molecule has 3 saturated heterocycles. The van der Waals surface area contributed by atoms with Crippen LogP contribution in [0.25, 0.3) is 0 Å². The van der Waals surface area contributed by atoms with Crippen LogP contribution in [0.15, 0.2) is 0 Å². The van der Waals surface area contributed by atoms with Crippen LogP contribution < -0.4 is 5.32 Å². The van der Waals surface area contributed by atoms with E-state index in [-0.39, 0.29) is 13.0 Å². The van der Waals surface area contributed by atoms with Gasteiger partial charge in [0.2, 0.25) is 5.91 Å². The first-order valence-corrected chi connectivity index (χ1v) is 7.08. The summed E-state index contributed by atoms with van der Waals surface area (Å²) in [6.45, 7) is -0.647. The molecule has 0 radical (unpaired) electrons. The van der Waals surface area contributed by atoms with E-state index in [9.17, 15) is 14.7 Å². The van der Waals surface area contributed by atoms with Crippen molar-refractivity contribution in [2.75, 3.05) is 13.2 Å². The first kappa shape index (κ1) is 15.3. The summed E-state index contributed by atoms with van der Waals surface area (Å²) in [5, 5.41) is 30.3. The summed E-state index contributed by atoms with van der Waals surface area (Å²) in [6, 6.07) is 1.18. The minimum absolute atomic E-state index is 0.0387. The fourth-order valence-corrected chi connectivity index (χ4v) is 3.27. The quantitative estimate of drug-likeness (QED) is 0.524. The first-order valence-electron chi connectivity index (χ1n) is 6.71. The lowest BCUT2D eigenvalue weighted by atomic mass is 10.0. The summed E-state index contributed by atoms with van der Waals surface area (Å²) in [5.41, 5.74) is 0. The minimum Gasteiger partial charge on any atom is -0.438 e. The molecule has 0 aromatic heterocycles. The molecule has 3 aliphatic rings. The average Bonchev–Trinajstić information content (AvgIpc) is 3.06. The van der Waals surface area contributed by atoms with E-state index >= 15 is 0 Å². The third-order valence-electron chi connectivity index (χ3n) is 4.09. The van der Waals surface area contributed by atoms with Gasteiger partial charge in [0.15, 0.2) is 12.3 Å². The molecule has 0 aliphatic carbocycles. The van der Waals surface area contributed by atoms with E-state index in [1.54, 1.807) is 0 Å². The van der Waals surface area contributed by atoms with E-state index in [0.29, 0.717) is 0 Å². The highest BCUT2D eigenvalue weighted by Gasteiger charge is 2.58. The Morgan fingerprint density at radius 2 is 2.27 bits per heavy atom. The molecular weight excluding hydrogens is 318 g/mol. The Kier molecular flexibility index (Phi) is 3.65. The van der Waals surface area contributed by atoms with Gasteiger partial charge in [-0.3, -0.25) is 9.69 Å². The molecule has 0 bridgehead atoms. The van der Waals surface area contributed by atoms with E-state index in [2.05, 4.69) is 5.32 Å². The van der Waals surface area contributed by atoms with Gasteiger partial charge in [-0.2, -0.15) is 5.26 Å². The number of halogens is 1. The Hall–Kier alpha value is -1.60. The predicted octanol–water partition coefficient (Wildman–Crippen LogP) is -1.73. The number of nitrogens with zero attached hydrogens (tertiary/aromatic N) is 2. The van der Waals surface area contributed by atoms with Crippen molar-refractivity contribution in [2.24, 2.45) is 0 Å². The van der Waals surface area contributed by atoms with Gasteiger partial charge in [-0.05, 0) is 0 Å². The number of nitriles is 1. The molecule has 3 heterocycles. The number of alkyl halides is 1. The smallest absolute Gasteiger partial charge is 0.412 e. The van der Waals surface area contributed by atoms with E-state index in [4.69, 9.17) is 31.4 Å².